The molecule has 1 aliphatic rings. The SMILES string of the molecule is COc1ccc2c(c1)[C@@H](N)CC(c1cncn1C)O2. The van der Waals surface area contributed by atoms with E-state index in [9.17, 15) is 0 Å². The Morgan fingerprint density at radius 3 is 3.00 bits per heavy atom. The molecule has 3 rings (SSSR count). The zero-order valence-corrected chi connectivity index (χ0v) is 11.0. The standard InChI is InChI=1S/C14H17N3O2/c1-17-8-16-7-12(17)14-6-11(15)10-5-9(18-2)3-4-13(10)19-14/h3-5,7-8,11,14H,6,15H2,1-2H3/t11-,14?/m0/s1. The van der Waals surface area contributed by atoms with Gasteiger partial charge in [-0.2, -0.15) is 0 Å². The van der Waals surface area contributed by atoms with Crippen LogP contribution >= 0.6 is 0 Å². The van der Waals surface area contributed by atoms with Crippen LogP contribution in [0.3, 0.4) is 0 Å². The first-order valence-electron chi connectivity index (χ1n) is 6.25. The molecule has 0 amide bonds. The summed E-state index contributed by atoms with van der Waals surface area (Å²) in [7, 11) is 3.61. The van der Waals surface area contributed by atoms with Crippen LogP contribution in [0.2, 0.25) is 0 Å². The molecule has 2 N–H and O–H groups in total. The van der Waals surface area contributed by atoms with Gasteiger partial charge < -0.3 is 19.8 Å². The van der Waals surface area contributed by atoms with Crippen LogP contribution in [0, 0.1) is 0 Å². The van der Waals surface area contributed by atoms with Gasteiger partial charge in [-0.3, -0.25) is 0 Å². The number of imidazole rings is 1. The molecule has 1 aromatic heterocycles. The van der Waals surface area contributed by atoms with Gasteiger partial charge in [0.25, 0.3) is 0 Å². The first kappa shape index (κ1) is 12.0. The van der Waals surface area contributed by atoms with Crippen molar-refractivity contribution in [3.63, 3.8) is 0 Å². The number of ether oxygens (including phenoxy) is 2. The number of hydrogen-bond acceptors (Lipinski definition) is 4. The molecule has 2 atom stereocenters. The van der Waals surface area contributed by atoms with Crippen molar-refractivity contribution < 1.29 is 9.47 Å². The van der Waals surface area contributed by atoms with Gasteiger partial charge in [0, 0.05) is 25.1 Å². The number of aromatic nitrogens is 2. The van der Waals surface area contributed by atoms with Crippen LogP contribution in [0.25, 0.3) is 0 Å². The van der Waals surface area contributed by atoms with E-state index < -0.39 is 0 Å². The number of rotatable bonds is 2. The quantitative estimate of drug-likeness (QED) is 0.895. The monoisotopic (exact) mass is 259 g/mol. The van der Waals surface area contributed by atoms with E-state index in [1.54, 1.807) is 13.4 Å². The third-order valence-electron chi connectivity index (χ3n) is 3.54. The summed E-state index contributed by atoms with van der Waals surface area (Å²) < 4.78 is 13.2. The Balaban J connectivity index is 1.94. The topological polar surface area (TPSA) is 62.3 Å². The molecule has 19 heavy (non-hydrogen) atoms. The molecule has 0 bridgehead atoms. The largest absolute Gasteiger partial charge is 0.497 e. The zero-order valence-electron chi connectivity index (χ0n) is 11.0. The highest BCUT2D eigenvalue weighted by Gasteiger charge is 2.29. The molecule has 1 aliphatic heterocycles. The van der Waals surface area contributed by atoms with E-state index >= 15 is 0 Å². The maximum Gasteiger partial charge on any atom is 0.142 e. The molecule has 2 aromatic rings. The van der Waals surface area contributed by atoms with E-state index in [0.717, 1.165) is 29.2 Å². The van der Waals surface area contributed by atoms with Crippen LogP contribution in [0.4, 0.5) is 0 Å². The summed E-state index contributed by atoms with van der Waals surface area (Å²) >= 11 is 0. The van der Waals surface area contributed by atoms with Gasteiger partial charge in [-0.25, -0.2) is 4.98 Å². The molecule has 0 radical (unpaired) electrons. The van der Waals surface area contributed by atoms with Crippen LogP contribution < -0.4 is 15.2 Å². The van der Waals surface area contributed by atoms with E-state index in [1.807, 2.05) is 36.0 Å². The molecule has 0 saturated heterocycles. The highest BCUT2D eigenvalue weighted by Crippen LogP contribution is 2.40. The minimum Gasteiger partial charge on any atom is -0.497 e. The number of benzene rings is 1. The van der Waals surface area contributed by atoms with Gasteiger partial charge in [0.15, 0.2) is 0 Å². The summed E-state index contributed by atoms with van der Waals surface area (Å²) in [5, 5.41) is 0. The fourth-order valence-electron chi connectivity index (χ4n) is 2.47. The van der Waals surface area contributed by atoms with Crippen molar-refractivity contribution in [2.45, 2.75) is 18.6 Å². The summed E-state index contributed by atoms with van der Waals surface area (Å²) in [4.78, 5) is 4.13. The molecule has 0 aliphatic carbocycles. The second kappa shape index (κ2) is 4.59. The fraction of sp³-hybridized carbons (Fsp3) is 0.357. The number of methoxy groups -OCH3 is 1. The van der Waals surface area contributed by atoms with Crippen molar-refractivity contribution >= 4 is 0 Å². The molecule has 0 fully saturated rings. The molecule has 5 heteroatoms. The van der Waals surface area contributed by atoms with Crippen molar-refractivity contribution in [2.24, 2.45) is 12.8 Å². The summed E-state index contributed by atoms with van der Waals surface area (Å²) in [6, 6.07) is 5.69. The number of fused-ring (bicyclic) bond motifs is 1. The van der Waals surface area contributed by atoms with E-state index in [2.05, 4.69) is 4.98 Å². The second-order valence-electron chi connectivity index (χ2n) is 4.78. The molecular formula is C14H17N3O2. The maximum absolute atomic E-state index is 6.25. The van der Waals surface area contributed by atoms with Crippen LogP contribution in [-0.2, 0) is 7.05 Å². The Kier molecular flexibility index (Phi) is 2.91. The first-order chi connectivity index (χ1) is 9.19. The van der Waals surface area contributed by atoms with Crippen molar-refractivity contribution in [2.75, 3.05) is 7.11 Å². The normalized spacial score (nSPS) is 21.6. The number of nitrogens with two attached hydrogens (primary N) is 1. The summed E-state index contributed by atoms with van der Waals surface area (Å²) in [5.41, 5.74) is 8.29. The van der Waals surface area contributed by atoms with Gasteiger partial charge in [-0.1, -0.05) is 0 Å². The number of hydrogen-bond donors (Lipinski definition) is 1. The van der Waals surface area contributed by atoms with Crippen LogP contribution in [-0.4, -0.2) is 16.7 Å². The van der Waals surface area contributed by atoms with Gasteiger partial charge in [-0.15, -0.1) is 0 Å². The lowest BCUT2D eigenvalue weighted by atomic mass is 9.96. The van der Waals surface area contributed by atoms with E-state index in [-0.39, 0.29) is 12.1 Å². The average Bonchev–Trinajstić information content (AvgIpc) is 2.84. The van der Waals surface area contributed by atoms with Crippen LogP contribution in [0.5, 0.6) is 11.5 Å². The third kappa shape index (κ3) is 2.06. The van der Waals surface area contributed by atoms with Gasteiger partial charge in [0.05, 0.1) is 25.3 Å². The first-order valence-corrected chi connectivity index (χ1v) is 6.25. The maximum atomic E-state index is 6.25. The number of aryl methyl sites for hydroxylation is 1. The fourth-order valence-corrected chi connectivity index (χ4v) is 2.47. The van der Waals surface area contributed by atoms with Crippen molar-refractivity contribution in [3.8, 4) is 11.5 Å². The van der Waals surface area contributed by atoms with Gasteiger partial charge >= 0.3 is 0 Å². The Labute approximate surface area is 112 Å². The van der Waals surface area contributed by atoms with Gasteiger partial charge in [0.1, 0.15) is 17.6 Å². The minimum absolute atomic E-state index is 0.0524. The van der Waals surface area contributed by atoms with Gasteiger partial charge in [-0.05, 0) is 18.2 Å². The smallest absolute Gasteiger partial charge is 0.142 e. The number of nitrogens with zero attached hydrogens (tertiary/aromatic N) is 2. The Morgan fingerprint density at radius 1 is 1.47 bits per heavy atom. The molecule has 0 spiro atoms. The van der Waals surface area contributed by atoms with E-state index in [0.29, 0.717) is 0 Å². The highest BCUT2D eigenvalue weighted by atomic mass is 16.5. The predicted octanol–water partition coefficient (Wildman–Crippen LogP) is 1.95. The molecule has 100 valence electrons. The molecule has 2 heterocycles. The lowest BCUT2D eigenvalue weighted by Crippen LogP contribution is -2.25. The van der Waals surface area contributed by atoms with Crippen molar-refractivity contribution in [3.05, 3.63) is 42.0 Å². The summed E-state index contributed by atoms with van der Waals surface area (Å²) in [6.07, 6.45) is 4.28. The molecule has 5 nitrogen and oxygen atoms in total. The molecule has 1 unspecified atom stereocenters. The lowest BCUT2D eigenvalue weighted by Gasteiger charge is -2.30. The third-order valence-corrected chi connectivity index (χ3v) is 3.54. The Hall–Kier alpha value is -2.01. The molecular weight excluding hydrogens is 242 g/mol. The van der Waals surface area contributed by atoms with E-state index in [1.165, 1.54) is 0 Å². The summed E-state index contributed by atoms with van der Waals surface area (Å²) in [5.74, 6) is 1.63. The second-order valence-corrected chi connectivity index (χ2v) is 4.78. The lowest BCUT2D eigenvalue weighted by molar-refractivity contribution is 0.154. The van der Waals surface area contributed by atoms with Crippen LogP contribution in [0.1, 0.15) is 29.8 Å². The van der Waals surface area contributed by atoms with E-state index in [4.69, 9.17) is 15.2 Å². The highest BCUT2D eigenvalue weighted by molar-refractivity contribution is 5.44. The molecule has 0 saturated carbocycles. The average molecular weight is 259 g/mol. The van der Waals surface area contributed by atoms with Crippen molar-refractivity contribution in [1.82, 2.24) is 9.55 Å². The Morgan fingerprint density at radius 2 is 2.32 bits per heavy atom. The zero-order chi connectivity index (χ0) is 13.4. The molecule has 1 aromatic carbocycles. The Bertz CT molecular complexity index is 594. The van der Waals surface area contributed by atoms with Crippen molar-refractivity contribution in [1.29, 1.82) is 0 Å². The van der Waals surface area contributed by atoms with Gasteiger partial charge in [0.2, 0.25) is 0 Å². The van der Waals surface area contributed by atoms with Crippen LogP contribution in [0.15, 0.2) is 30.7 Å². The minimum atomic E-state index is -0.0567. The predicted molar refractivity (Wildman–Crippen MR) is 71.1 cm³/mol. The summed E-state index contributed by atoms with van der Waals surface area (Å²) in [6.45, 7) is 0.